The minimum absolute atomic E-state index is 0.0755. The van der Waals surface area contributed by atoms with Crippen LogP contribution < -0.4 is 5.73 Å². The average Bonchev–Trinajstić information content (AvgIpc) is 2.78. The summed E-state index contributed by atoms with van der Waals surface area (Å²) in [5, 5.41) is 19.1. The van der Waals surface area contributed by atoms with Crippen LogP contribution in [0.4, 0.5) is 5.82 Å². The third kappa shape index (κ3) is 1.70. The van der Waals surface area contributed by atoms with Gasteiger partial charge in [-0.05, 0) is 0 Å². The molecule has 0 amide bonds. The molecule has 0 bridgehead atoms. The number of nitrogens with zero attached hydrogens (tertiary/aromatic N) is 4. The summed E-state index contributed by atoms with van der Waals surface area (Å²) < 4.78 is 7.15. The summed E-state index contributed by atoms with van der Waals surface area (Å²) in [4.78, 5) is 12.1. The predicted molar refractivity (Wildman–Crippen MR) is 61.4 cm³/mol. The second-order valence-corrected chi connectivity index (χ2v) is 4.24. The molecule has 1 saturated heterocycles. The Kier molecular flexibility index (Phi) is 2.62. The topological polar surface area (TPSA) is 119 Å². The first-order valence-corrected chi connectivity index (χ1v) is 5.57. The summed E-state index contributed by atoms with van der Waals surface area (Å²) in [5.41, 5.74) is 6.74. The van der Waals surface area contributed by atoms with Crippen LogP contribution >= 0.6 is 0 Å². The van der Waals surface area contributed by atoms with Crippen LogP contribution in [-0.2, 0) is 4.74 Å². The number of nitrogen functional groups attached to an aromatic ring is 1. The van der Waals surface area contributed by atoms with Crippen molar-refractivity contribution in [3.63, 3.8) is 0 Å². The van der Waals surface area contributed by atoms with Crippen molar-refractivity contribution >= 4 is 17.0 Å². The Bertz CT molecular complexity index is 572. The number of aliphatic hydroxyl groups is 2. The number of hydrogen-bond acceptors (Lipinski definition) is 7. The molecule has 2 aromatic heterocycles. The Labute approximate surface area is 102 Å². The fourth-order valence-electron chi connectivity index (χ4n) is 2.03. The lowest BCUT2D eigenvalue weighted by atomic mass is 10.1. The van der Waals surface area contributed by atoms with Crippen LogP contribution in [0.5, 0.6) is 0 Å². The maximum Gasteiger partial charge on any atom is 0.167 e. The smallest absolute Gasteiger partial charge is 0.167 e. The number of nitrogens with two attached hydrogens (primary N) is 1. The number of fused-ring (bicyclic) bond motifs is 1. The van der Waals surface area contributed by atoms with E-state index in [1.807, 2.05) is 0 Å². The van der Waals surface area contributed by atoms with Gasteiger partial charge in [-0.3, -0.25) is 4.57 Å². The fraction of sp³-hybridized carbons (Fsp3) is 0.500. The van der Waals surface area contributed by atoms with Gasteiger partial charge < -0.3 is 20.7 Å². The van der Waals surface area contributed by atoms with Gasteiger partial charge in [0.25, 0.3) is 0 Å². The molecule has 3 heterocycles. The maximum absolute atomic E-state index is 9.65. The molecular weight excluding hydrogens is 238 g/mol. The number of imidazole rings is 1. The first kappa shape index (κ1) is 11.3. The molecular formula is C10H13N5O3. The Hall–Kier alpha value is -1.77. The van der Waals surface area contributed by atoms with Gasteiger partial charge in [-0.25, -0.2) is 15.0 Å². The van der Waals surface area contributed by atoms with Crippen LogP contribution in [0.3, 0.4) is 0 Å². The second-order valence-electron chi connectivity index (χ2n) is 4.24. The summed E-state index contributed by atoms with van der Waals surface area (Å²) in [5.74, 6) is 0.301. The molecule has 3 rings (SSSR count). The summed E-state index contributed by atoms with van der Waals surface area (Å²) in [6.07, 6.45) is 1.09. The molecule has 1 aliphatic rings. The van der Waals surface area contributed by atoms with Crippen molar-refractivity contribution < 1.29 is 14.9 Å². The van der Waals surface area contributed by atoms with E-state index < -0.39 is 18.4 Å². The largest absolute Gasteiger partial charge is 0.390 e. The summed E-state index contributed by atoms with van der Waals surface area (Å²) in [6, 6.07) is 0. The Morgan fingerprint density at radius 2 is 2.11 bits per heavy atom. The van der Waals surface area contributed by atoms with Gasteiger partial charge >= 0.3 is 0 Å². The standard InChI is InChI=1S/C10H13N5O3/c11-9-8-10(13-3-12-9)15(4-14-8)7-1-5(16)6(17)2-18-7/h3-7,16-17H,1-2H2,(H2,11,12,13)/t5-,6-,7-/m1/s1. The van der Waals surface area contributed by atoms with Gasteiger partial charge in [0.05, 0.1) is 19.0 Å². The fourth-order valence-corrected chi connectivity index (χ4v) is 2.03. The summed E-state index contributed by atoms with van der Waals surface area (Å²) >= 11 is 0. The minimum atomic E-state index is -0.851. The van der Waals surface area contributed by atoms with Crippen molar-refractivity contribution in [3.05, 3.63) is 12.7 Å². The molecule has 96 valence electrons. The minimum Gasteiger partial charge on any atom is -0.390 e. The number of anilines is 1. The van der Waals surface area contributed by atoms with Gasteiger partial charge in [0, 0.05) is 6.42 Å². The monoisotopic (exact) mass is 251 g/mol. The molecule has 2 aromatic rings. The summed E-state index contributed by atoms with van der Waals surface area (Å²) in [7, 11) is 0. The van der Waals surface area contributed by atoms with Crippen molar-refractivity contribution in [1.29, 1.82) is 0 Å². The lowest BCUT2D eigenvalue weighted by Crippen LogP contribution is -2.39. The average molecular weight is 251 g/mol. The molecule has 3 atom stereocenters. The second kappa shape index (κ2) is 4.16. The van der Waals surface area contributed by atoms with Gasteiger partial charge in [0.1, 0.15) is 24.2 Å². The Morgan fingerprint density at radius 3 is 2.89 bits per heavy atom. The zero-order valence-electron chi connectivity index (χ0n) is 9.47. The normalized spacial score (nSPS) is 28.7. The van der Waals surface area contributed by atoms with E-state index >= 15 is 0 Å². The molecule has 8 nitrogen and oxygen atoms in total. The lowest BCUT2D eigenvalue weighted by Gasteiger charge is -2.31. The molecule has 0 radical (unpaired) electrons. The van der Waals surface area contributed by atoms with Crippen LogP contribution in [0.25, 0.3) is 11.2 Å². The molecule has 1 fully saturated rings. The maximum atomic E-state index is 9.65. The zero-order valence-corrected chi connectivity index (χ0v) is 9.47. The van der Waals surface area contributed by atoms with Crippen LogP contribution in [0, 0.1) is 0 Å². The third-order valence-corrected chi connectivity index (χ3v) is 3.04. The molecule has 0 unspecified atom stereocenters. The zero-order chi connectivity index (χ0) is 12.7. The molecule has 8 heteroatoms. The van der Waals surface area contributed by atoms with Crippen LogP contribution in [-0.4, -0.2) is 48.5 Å². The van der Waals surface area contributed by atoms with E-state index in [1.54, 1.807) is 10.9 Å². The highest BCUT2D eigenvalue weighted by Crippen LogP contribution is 2.26. The first-order valence-electron chi connectivity index (χ1n) is 5.57. The van der Waals surface area contributed by atoms with Crippen LogP contribution in [0.1, 0.15) is 12.6 Å². The molecule has 0 spiro atoms. The van der Waals surface area contributed by atoms with Crippen molar-refractivity contribution in [2.24, 2.45) is 0 Å². The van der Waals surface area contributed by atoms with Crippen LogP contribution in [0.2, 0.25) is 0 Å². The van der Waals surface area contributed by atoms with Crippen LogP contribution in [0.15, 0.2) is 12.7 Å². The molecule has 0 aliphatic carbocycles. The van der Waals surface area contributed by atoms with Crippen molar-refractivity contribution in [2.75, 3.05) is 12.3 Å². The number of hydrogen-bond donors (Lipinski definition) is 3. The molecule has 0 saturated carbocycles. The van der Waals surface area contributed by atoms with E-state index in [4.69, 9.17) is 10.5 Å². The third-order valence-electron chi connectivity index (χ3n) is 3.04. The van der Waals surface area contributed by atoms with Crippen molar-refractivity contribution in [2.45, 2.75) is 24.9 Å². The van der Waals surface area contributed by atoms with E-state index in [1.165, 1.54) is 6.33 Å². The SMILES string of the molecule is Nc1ncnc2c1ncn2[C@H]1C[C@@H](O)[C@H](O)CO1. The quantitative estimate of drug-likeness (QED) is 0.597. The van der Waals surface area contributed by atoms with E-state index in [-0.39, 0.29) is 13.0 Å². The van der Waals surface area contributed by atoms with E-state index in [2.05, 4.69) is 15.0 Å². The van der Waals surface area contributed by atoms with Gasteiger partial charge in [-0.1, -0.05) is 0 Å². The molecule has 1 aliphatic heterocycles. The number of rotatable bonds is 1. The number of aliphatic hydroxyl groups excluding tert-OH is 2. The van der Waals surface area contributed by atoms with Gasteiger partial charge in [-0.2, -0.15) is 0 Å². The molecule has 4 N–H and O–H groups in total. The highest BCUT2D eigenvalue weighted by atomic mass is 16.5. The Balaban J connectivity index is 1.98. The highest BCUT2D eigenvalue weighted by molar-refractivity contribution is 5.81. The lowest BCUT2D eigenvalue weighted by molar-refractivity contribution is -0.144. The van der Waals surface area contributed by atoms with Gasteiger partial charge in [-0.15, -0.1) is 0 Å². The number of aromatic nitrogens is 4. The predicted octanol–water partition coefficient (Wildman–Crippen LogP) is -0.951. The first-order chi connectivity index (χ1) is 8.66. The molecule has 18 heavy (non-hydrogen) atoms. The Morgan fingerprint density at radius 1 is 1.28 bits per heavy atom. The highest BCUT2D eigenvalue weighted by Gasteiger charge is 2.30. The van der Waals surface area contributed by atoms with Crippen molar-refractivity contribution in [3.8, 4) is 0 Å². The molecule has 0 aromatic carbocycles. The van der Waals surface area contributed by atoms with E-state index in [9.17, 15) is 10.2 Å². The number of ether oxygens (including phenoxy) is 1. The van der Waals surface area contributed by atoms with Crippen molar-refractivity contribution in [1.82, 2.24) is 19.5 Å². The summed E-state index contributed by atoms with van der Waals surface area (Å²) in [6.45, 7) is 0.0755. The van der Waals surface area contributed by atoms with Gasteiger partial charge in [0.15, 0.2) is 11.5 Å². The van der Waals surface area contributed by atoms with Gasteiger partial charge in [0.2, 0.25) is 0 Å². The van der Waals surface area contributed by atoms with E-state index in [0.29, 0.717) is 17.0 Å². The van der Waals surface area contributed by atoms with E-state index in [0.717, 1.165) is 0 Å².